The average molecular weight is 134 g/mol. The van der Waals surface area contributed by atoms with Gasteiger partial charge in [0, 0.05) is 0 Å². The normalized spacial score (nSPS) is 80.7. The van der Waals surface area contributed by atoms with Gasteiger partial charge in [-0.15, -0.1) is 0 Å². The maximum absolute atomic E-state index is 2.48. The highest BCUT2D eigenvalue weighted by Gasteiger charge is 2.78. The third-order valence-corrected chi connectivity index (χ3v) is 5.22. The van der Waals surface area contributed by atoms with E-state index in [-0.39, 0.29) is 0 Å². The molecule has 0 aromatic rings. The number of rotatable bonds is 0. The van der Waals surface area contributed by atoms with Crippen molar-refractivity contribution < 1.29 is 0 Å². The highest BCUT2D eigenvalue weighted by Crippen LogP contribution is 2.82. The molecule has 0 N–H and O–H groups in total. The van der Waals surface area contributed by atoms with Crippen molar-refractivity contribution in [3.8, 4) is 0 Å². The van der Waals surface area contributed by atoms with Crippen molar-refractivity contribution in [2.24, 2.45) is 41.4 Å². The summed E-state index contributed by atoms with van der Waals surface area (Å²) in [5.74, 6) is 8.66. The largest absolute Gasteiger partial charge is 0.0619 e. The third kappa shape index (κ3) is 0.258. The molecular formula is C10H14. The van der Waals surface area contributed by atoms with Crippen LogP contribution in [0.1, 0.15) is 19.8 Å². The number of hydrogen-bond acceptors (Lipinski definition) is 0. The Morgan fingerprint density at radius 1 is 0.800 bits per heavy atom. The average Bonchev–Trinajstić information content (AvgIpc) is 2.42. The first-order chi connectivity index (χ1) is 4.89. The molecule has 0 aromatic heterocycles. The Bertz CT molecular complexity index is 178. The van der Waals surface area contributed by atoms with Gasteiger partial charge in [-0.05, 0) is 54.3 Å². The Morgan fingerprint density at radius 3 is 1.70 bits per heavy atom. The van der Waals surface area contributed by atoms with Crippen LogP contribution in [0.2, 0.25) is 0 Å². The molecule has 0 spiro atoms. The van der Waals surface area contributed by atoms with Crippen molar-refractivity contribution in [1.29, 1.82) is 0 Å². The van der Waals surface area contributed by atoms with E-state index in [2.05, 4.69) is 6.92 Å². The Morgan fingerprint density at radius 2 is 1.30 bits per heavy atom. The molecule has 0 aliphatic heterocycles. The smallest absolute Gasteiger partial charge is 0.0315 e. The van der Waals surface area contributed by atoms with Crippen LogP contribution in [-0.2, 0) is 0 Å². The van der Waals surface area contributed by atoms with Gasteiger partial charge in [0.05, 0.1) is 0 Å². The minimum atomic E-state index is 1.15. The molecule has 4 fully saturated rings. The lowest BCUT2D eigenvalue weighted by atomic mass is 9.39. The summed E-state index contributed by atoms with van der Waals surface area (Å²) in [5, 5.41) is 0. The second-order valence-corrected chi connectivity index (χ2v) is 5.07. The molecule has 4 rings (SSSR count). The summed E-state index contributed by atoms with van der Waals surface area (Å²) >= 11 is 0. The highest BCUT2D eigenvalue weighted by molar-refractivity contribution is 5.25. The second kappa shape index (κ2) is 1.09. The Labute approximate surface area is 62.0 Å². The van der Waals surface area contributed by atoms with Crippen LogP contribution in [0.4, 0.5) is 0 Å². The molecule has 10 heavy (non-hydrogen) atoms. The predicted octanol–water partition coefficient (Wildman–Crippen LogP) is 2.15. The van der Waals surface area contributed by atoms with Crippen LogP contribution >= 0.6 is 0 Å². The molecule has 54 valence electrons. The summed E-state index contributed by atoms with van der Waals surface area (Å²) in [7, 11) is 0. The lowest BCUT2D eigenvalue weighted by Crippen LogP contribution is -2.60. The van der Waals surface area contributed by atoms with E-state index in [0.29, 0.717) is 0 Å². The first-order valence-electron chi connectivity index (χ1n) is 4.89. The minimum Gasteiger partial charge on any atom is -0.0619 e. The molecule has 0 radical (unpaired) electrons. The molecule has 4 aliphatic rings. The van der Waals surface area contributed by atoms with E-state index in [1.165, 1.54) is 35.5 Å². The van der Waals surface area contributed by atoms with Crippen LogP contribution in [-0.4, -0.2) is 0 Å². The lowest BCUT2D eigenvalue weighted by Gasteiger charge is -2.65. The second-order valence-electron chi connectivity index (χ2n) is 5.07. The molecule has 4 aliphatic carbocycles. The fraction of sp³-hybridized carbons (Fsp3) is 1.00. The molecule has 6 unspecified atom stereocenters. The molecule has 0 heteroatoms. The van der Waals surface area contributed by atoms with Gasteiger partial charge in [0.25, 0.3) is 0 Å². The maximum Gasteiger partial charge on any atom is -0.0315 e. The third-order valence-electron chi connectivity index (χ3n) is 5.22. The van der Waals surface area contributed by atoms with Crippen molar-refractivity contribution in [3.63, 3.8) is 0 Å². The van der Waals surface area contributed by atoms with Crippen molar-refractivity contribution in [1.82, 2.24) is 0 Å². The van der Waals surface area contributed by atoms with Gasteiger partial charge in [0.15, 0.2) is 0 Å². The van der Waals surface area contributed by atoms with Crippen LogP contribution < -0.4 is 0 Å². The molecule has 0 bridgehead atoms. The quantitative estimate of drug-likeness (QED) is 0.476. The summed E-state index contributed by atoms with van der Waals surface area (Å²) in [6.07, 6.45) is 3.20. The minimum absolute atomic E-state index is 1.15. The van der Waals surface area contributed by atoms with Crippen LogP contribution in [0.3, 0.4) is 0 Å². The van der Waals surface area contributed by atoms with E-state index in [0.717, 1.165) is 5.92 Å². The molecule has 6 atom stereocenters. The van der Waals surface area contributed by atoms with Crippen molar-refractivity contribution in [2.75, 3.05) is 0 Å². The topological polar surface area (TPSA) is 0 Å². The summed E-state index contributed by atoms with van der Waals surface area (Å²) in [6.45, 7) is 2.48. The van der Waals surface area contributed by atoms with Gasteiger partial charge in [-0.2, -0.15) is 0 Å². The Balaban J connectivity index is 1.71. The van der Waals surface area contributed by atoms with E-state index in [9.17, 15) is 0 Å². The van der Waals surface area contributed by atoms with Crippen molar-refractivity contribution >= 4 is 0 Å². The molecule has 0 heterocycles. The van der Waals surface area contributed by atoms with Crippen LogP contribution in [0.5, 0.6) is 0 Å². The van der Waals surface area contributed by atoms with E-state index in [1.54, 1.807) is 12.8 Å². The van der Waals surface area contributed by atoms with Crippen LogP contribution in [0.15, 0.2) is 0 Å². The van der Waals surface area contributed by atoms with E-state index in [4.69, 9.17) is 0 Å². The van der Waals surface area contributed by atoms with Gasteiger partial charge in [0.2, 0.25) is 0 Å². The van der Waals surface area contributed by atoms with Crippen molar-refractivity contribution in [2.45, 2.75) is 19.8 Å². The Hall–Kier alpha value is 0. The fourth-order valence-electron chi connectivity index (χ4n) is 4.61. The summed E-state index contributed by atoms with van der Waals surface area (Å²) in [6, 6.07) is 0. The summed E-state index contributed by atoms with van der Waals surface area (Å²) in [4.78, 5) is 0. The van der Waals surface area contributed by atoms with Gasteiger partial charge in [-0.25, -0.2) is 0 Å². The number of fused-ring (bicyclic) bond motifs is 7. The van der Waals surface area contributed by atoms with Crippen LogP contribution in [0, 0.1) is 41.4 Å². The van der Waals surface area contributed by atoms with E-state index < -0.39 is 0 Å². The van der Waals surface area contributed by atoms with E-state index >= 15 is 0 Å². The predicted molar refractivity (Wildman–Crippen MR) is 39.3 cm³/mol. The Kier molecular flexibility index (Phi) is 0.522. The van der Waals surface area contributed by atoms with Gasteiger partial charge in [-0.1, -0.05) is 6.92 Å². The molecule has 0 nitrogen and oxygen atoms in total. The van der Waals surface area contributed by atoms with E-state index in [1.807, 2.05) is 0 Å². The first-order valence-corrected chi connectivity index (χ1v) is 4.89. The van der Waals surface area contributed by atoms with Gasteiger partial charge >= 0.3 is 0 Å². The monoisotopic (exact) mass is 134 g/mol. The molecule has 0 amide bonds. The van der Waals surface area contributed by atoms with Crippen LogP contribution in [0.25, 0.3) is 0 Å². The zero-order valence-corrected chi connectivity index (χ0v) is 6.46. The standard InChI is InChI=1S/C10H14/c1-4-7-8(4)10-6-3-2-5(6)9(7)10/h4-10H,2-3H2,1H3. The summed E-state index contributed by atoms with van der Waals surface area (Å²) in [5.41, 5.74) is 0. The highest BCUT2D eigenvalue weighted by atomic mass is 14.8. The molecule has 0 saturated heterocycles. The number of hydrogen-bond donors (Lipinski definition) is 0. The van der Waals surface area contributed by atoms with Gasteiger partial charge in [-0.3, -0.25) is 0 Å². The van der Waals surface area contributed by atoms with Gasteiger partial charge < -0.3 is 0 Å². The molecule has 4 saturated carbocycles. The SMILES string of the molecule is CC1C2C1C1C3CCC3C21. The maximum atomic E-state index is 2.48. The fourth-order valence-corrected chi connectivity index (χ4v) is 4.61. The zero-order valence-electron chi connectivity index (χ0n) is 6.46. The van der Waals surface area contributed by atoms with Crippen molar-refractivity contribution in [3.05, 3.63) is 0 Å². The molecular weight excluding hydrogens is 120 g/mol. The molecule has 0 aromatic carbocycles. The summed E-state index contributed by atoms with van der Waals surface area (Å²) < 4.78 is 0. The zero-order chi connectivity index (χ0) is 6.46. The first kappa shape index (κ1) is 4.79. The lowest BCUT2D eigenvalue weighted by molar-refractivity contribution is -0.174. The van der Waals surface area contributed by atoms with Gasteiger partial charge in [0.1, 0.15) is 0 Å².